The first-order chi connectivity index (χ1) is 24.2. The molecule has 1 aliphatic carbocycles. The lowest BCUT2D eigenvalue weighted by atomic mass is 9.40. The van der Waals surface area contributed by atoms with Crippen molar-refractivity contribution in [2.24, 2.45) is 0 Å². The van der Waals surface area contributed by atoms with Gasteiger partial charge in [-0.15, -0.1) is 0 Å². The van der Waals surface area contributed by atoms with Gasteiger partial charge in [-0.05, 0) is 74.6 Å². The molecule has 0 N–H and O–H groups in total. The Kier molecular flexibility index (Phi) is 6.08. The SMILES string of the molecule is CB1c2c(-c3cccc4c3C=Cc3ccccc3C4(c3ccccc3)c3ccccc3)cc(C)cc2-n2c3ccccc3c3cccc1c32. The van der Waals surface area contributed by atoms with E-state index in [1.54, 1.807) is 0 Å². The van der Waals surface area contributed by atoms with E-state index in [-0.39, 0.29) is 6.71 Å². The number of benzene rings is 7. The molecule has 1 aromatic heterocycles. The van der Waals surface area contributed by atoms with Crippen LogP contribution in [0.25, 0.3) is 50.8 Å². The molecule has 0 amide bonds. The fourth-order valence-electron chi connectivity index (χ4n) is 9.22. The average Bonchev–Trinajstić information content (AvgIpc) is 3.41. The Hall–Kier alpha value is -5.86. The van der Waals surface area contributed by atoms with Crippen molar-refractivity contribution in [3.8, 4) is 16.8 Å². The summed E-state index contributed by atoms with van der Waals surface area (Å²) in [5.74, 6) is 0. The monoisotopic (exact) mass is 623 g/mol. The third kappa shape index (κ3) is 3.83. The molecule has 1 aliphatic heterocycles. The fourth-order valence-corrected chi connectivity index (χ4v) is 9.22. The zero-order chi connectivity index (χ0) is 32.7. The minimum atomic E-state index is -0.515. The third-order valence-corrected chi connectivity index (χ3v) is 11.2. The van der Waals surface area contributed by atoms with E-state index < -0.39 is 5.41 Å². The van der Waals surface area contributed by atoms with Crippen molar-refractivity contribution in [3.63, 3.8) is 0 Å². The van der Waals surface area contributed by atoms with Crippen LogP contribution in [0.15, 0.2) is 158 Å². The van der Waals surface area contributed by atoms with E-state index in [0.29, 0.717) is 0 Å². The van der Waals surface area contributed by atoms with Crippen LogP contribution in [-0.4, -0.2) is 11.3 Å². The van der Waals surface area contributed by atoms with Crippen molar-refractivity contribution >= 4 is 51.6 Å². The molecule has 1 nitrogen and oxygen atoms in total. The molecular formula is C47H34BN. The van der Waals surface area contributed by atoms with E-state index in [2.05, 4.69) is 188 Å². The lowest BCUT2D eigenvalue weighted by Gasteiger charge is -2.38. The molecule has 230 valence electrons. The maximum absolute atomic E-state index is 2.54. The number of nitrogens with zero attached hydrogens (tertiary/aromatic N) is 1. The molecule has 0 saturated heterocycles. The van der Waals surface area contributed by atoms with Crippen LogP contribution in [0, 0.1) is 6.92 Å². The number of hydrogen-bond acceptors (Lipinski definition) is 0. The van der Waals surface area contributed by atoms with Crippen LogP contribution in [0.1, 0.15) is 38.9 Å². The molecule has 2 heterocycles. The van der Waals surface area contributed by atoms with E-state index in [0.717, 1.165) is 0 Å². The van der Waals surface area contributed by atoms with Gasteiger partial charge in [0.1, 0.15) is 0 Å². The van der Waals surface area contributed by atoms with Gasteiger partial charge in [-0.3, -0.25) is 0 Å². The Balaban J connectivity index is 1.33. The van der Waals surface area contributed by atoms with Crippen LogP contribution in [0.2, 0.25) is 6.82 Å². The molecule has 0 fully saturated rings. The van der Waals surface area contributed by atoms with Crippen LogP contribution in [0.4, 0.5) is 0 Å². The first-order valence-electron chi connectivity index (χ1n) is 17.4. The van der Waals surface area contributed by atoms with Crippen molar-refractivity contribution in [2.75, 3.05) is 0 Å². The molecule has 49 heavy (non-hydrogen) atoms. The molecule has 0 saturated carbocycles. The van der Waals surface area contributed by atoms with Gasteiger partial charge in [0.2, 0.25) is 6.71 Å². The predicted molar refractivity (Wildman–Crippen MR) is 209 cm³/mol. The third-order valence-electron chi connectivity index (χ3n) is 11.2. The van der Waals surface area contributed by atoms with Gasteiger partial charge in [-0.25, -0.2) is 0 Å². The first-order valence-corrected chi connectivity index (χ1v) is 17.4. The van der Waals surface area contributed by atoms with Crippen molar-refractivity contribution < 1.29 is 0 Å². The number of para-hydroxylation sites is 2. The summed E-state index contributed by atoms with van der Waals surface area (Å²) in [5.41, 5.74) is 17.7. The predicted octanol–water partition coefficient (Wildman–Crippen LogP) is 10.2. The van der Waals surface area contributed by atoms with Crippen molar-refractivity contribution in [2.45, 2.75) is 19.2 Å². The van der Waals surface area contributed by atoms with Gasteiger partial charge in [0.25, 0.3) is 0 Å². The summed E-state index contributed by atoms with van der Waals surface area (Å²) in [6.45, 7) is 4.88. The minimum absolute atomic E-state index is 0.224. The lowest BCUT2D eigenvalue weighted by molar-refractivity contribution is 0.743. The minimum Gasteiger partial charge on any atom is -0.310 e. The molecule has 7 aromatic carbocycles. The summed E-state index contributed by atoms with van der Waals surface area (Å²) in [5, 5.41) is 2.64. The lowest BCUT2D eigenvalue weighted by Crippen LogP contribution is -2.46. The smallest absolute Gasteiger partial charge is 0.212 e. The molecule has 2 aliphatic rings. The zero-order valence-electron chi connectivity index (χ0n) is 27.7. The summed E-state index contributed by atoms with van der Waals surface area (Å²) >= 11 is 0. The molecule has 0 atom stereocenters. The molecule has 0 spiro atoms. The second kappa shape index (κ2) is 10.6. The highest BCUT2D eigenvalue weighted by Crippen LogP contribution is 2.51. The second-order valence-electron chi connectivity index (χ2n) is 13.7. The van der Waals surface area contributed by atoms with E-state index in [1.807, 2.05) is 0 Å². The standard InChI is InChI=1S/C47H34BN/c1-31-29-39(45-44(30-31)49-43-26-12-10-20-37(43)38-22-14-25-42(46(38)49)48(45)2)35-21-13-24-41-36(35)28-27-32-15-9-11-23-40(32)47(41,33-16-5-3-6-17-33)34-18-7-4-8-19-34/h3-30H,1-2H3. The van der Waals surface area contributed by atoms with Gasteiger partial charge >= 0.3 is 0 Å². The largest absolute Gasteiger partial charge is 0.310 e. The highest BCUT2D eigenvalue weighted by atomic mass is 15.0. The van der Waals surface area contributed by atoms with E-state index in [9.17, 15) is 0 Å². The normalized spacial score (nSPS) is 14.0. The second-order valence-corrected chi connectivity index (χ2v) is 13.7. The van der Waals surface area contributed by atoms with Crippen molar-refractivity contribution in [3.05, 3.63) is 197 Å². The summed E-state index contributed by atoms with van der Waals surface area (Å²) < 4.78 is 2.54. The maximum Gasteiger partial charge on any atom is 0.212 e. The van der Waals surface area contributed by atoms with Gasteiger partial charge in [-0.2, -0.15) is 0 Å². The van der Waals surface area contributed by atoms with E-state index >= 15 is 0 Å². The number of aromatic nitrogens is 1. The van der Waals surface area contributed by atoms with E-state index in [4.69, 9.17) is 0 Å². The van der Waals surface area contributed by atoms with Crippen molar-refractivity contribution in [1.82, 2.24) is 4.57 Å². The number of hydrogen-bond donors (Lipinski definition) is 0. The Labute approximate surface area is 287 Å². The summed E-state index contributed by atoms with van der Waals surface area (Å²) in [6.07, 6.45) is 4.73. The zero-order valence-corrected chi connectivity index (χ0v) is 27.7. The number of fused-ring (bicyclic) bond motifs is 7. The molecule has 0 radical (unpaired) electrons. The molecule has 10 rings (SSSR count). The van der Waals surface area contributed by atoms with Crippen LogP contribution >= 0.6 is 0 Å². The van der Waals surface area contributed by atoms with Crippen LogP contribution in [0.5, 0.6) is 0 Å². The topological polar surface area (TPSA) is 4.93 Å². The van der Waals surface area contributed by atoms with Crippen LogP contribution in [0.3, 0.4) is 0 Å². The number of aryl methyl sites for hydroxylation is 1. The fraction of sp³-hybridized carbons (Fsp3) is 0.0638. The van der Waals surface area contributed by atoms with Gasteiger partial charge < -0.3 is 4.57 Å². The Morgan fingerprint density at radius 2 is 1.20 bits per heavy atom. The maximum atomic E-state index is 2.54. The highest BCUT2D eigenvalue weighted by Gasteiger charge is 2.42. The quantitative estimate of drug-likeness (QED) is 0.173. The summed E-state index contributed by atoms with van der Waals surface area (Å²) in [7, 11) is 0. The molecular weight excluding hydrogens is 589 g/mol. The van der Waals surface area contributed by atoms with Gasteiger partial charge in [0, 0.05) is 22.0 Å². The van der Waals surface area contributed by atoms with Gasteiger partial charge in [-0.1, -0.05) is 170 Å². The average molecular weight is 624 g/mol. The first kappa shape index (κ1) is 28.2. The molecule has 0 unspecified atom stereocenters. The Morgan fingerprint density at radius 3 is 2.00 bits per heavy atom. The molecule has 2 heteroatoms. The molecule has 0 bridgehead atoms. The van der Waals surface area contributed by atoms with Gasteiger partial charge in [0.05, 0.1) is 10.9 Å². The molecule has 8 aromatic rings. The Morgan fingerprint density at radius 1 is 0.551 bits per heavy atom. The van der Waals surface area contributed by atoms with Gasteiger partial charge in [0.15, 0.2) is 0 Å². The van der Waals surface area contributed by atoms with Crippen LogP contribution in [-0.2, 0) is 5.41 Å². The van der Waals surface area contributed by atoms with Crippen molar-refractivity contribution in [1.29, 1.82) is 0 Å². The van der Waals surface area contributed by atoms with Crippen LogP contribution < -0.4 is 10.9 Å². The summed E-state index contributed by atoms with van der Waals surface area (Å²) in [6, 6.07) is 58.8. The Bertz CT molecular complexity index is 2590. The highest BCUT2D eigenvalue weighted by molar-refractivity contribution is 6.88. The summed E-state index contributed by atoms with van der Waals surface area (Å²) in [4.78, 5) is 0. The number of rotatable bonds is 3. The van der Waals surface area contributed by atoms with E-state index in [1.165, 1.54) is 88.5 Å².